The van der Waals surface area contributed by atoms with Gasteiger partial charge in [-0.25, -0.2) is 4.79 Å². The molecule has 3 rings (SSSR count). The number of aliphatic hydroxyl groups excluding tert-OH is 2. The number of hydrogen-bond donors (Lipinski definition) is 2. The van der Waals surface area contributed by atoms with Gasteiger partial charge in [-0.05, 0) is 13.0 Å². The molecule has 0 radical (unpaired) electrons. The largest absolute Gasteiger partial charge is 0.472 e. The van der Waals surface area contributed by atoms with Crippen LogP contribution in [0.5, 0.6) is 5.88 Å². The Bertz CT molecular complexity index is 898. The molecule has 1 fully saturated rings. The van der Waals surface area contributed by atoms with Crippen LogP contribution in [0.3, 0.4) is 0 Å². The molecule has 0 aliphatic carbocycles. The lowest BCUT2D eigenvalue weighted by Gasteiger charge is -2.16. The quantitative estimate of drug-likeness (QED) is 0.554. The maximum atomic E-state index is 12.3. The Hall–Kier alpha value is -2.82. The van der Waals surface area contributed by atoms with Gasteiger partial charge in [-0.1, -0.05) is 12.1 Å². The number of nitrogens with zero attached hydrogens (tertiary/aromatic N) is 3. The lowest BCUT2D eigenvalue weighted by molar-refractivity contribution is -0.385. The normalized spacial score (nSPS) is 22.0. The fourth-order valence-corrected chi connectivity index (χ4v) is 2.91. The smallest absolute Gasteiger partial charge is 0.352 e. The summed E-state index contributed by atoms with van der Waals surface area (Å²) in [6.07, 6.45) is -0.720. The van der Waals surface area contributed by atoms with Gasteiger partial charge in [-0.15, -0.1) is 0 Å². The average molecular weight is 377 g/mol. The molecule has 0 spiro atoms. The molecule has 0 saturated carbocycles. The number of aromatic nitrogens is 2. The van der Waals surface area contributed by atoms with Gasteiger partial charge < -0.3 is 19.7 Å². The Kier molecular flexibility index (Phi) is 5.49. The molecular weight excluding hydrogens is 358 g/mol. The molecule has 1 aromatic heterocycles. The van der Waals surface area contributed by atoms with Crippen LogP contribution in [0.2, 0.25) is 0 Å². The van der Waals surface area contributed by atoms with Crippen molar-refractivity contribution in [2.45, 2.75) is 38.4 Å². The second-order valence-electron chi connectivity index (χ2n) is 6.21. The van der Waals surface area contributed by atoms with Crippen LogP contribution in [0.4, 0.5) is 5.69 Å². The van der Waals surface area contributed by atoms with E-state index in [2.05, 4.69) is 4.98 Å². The van der Waals surface area contributed by atoms with Crippen molar-refractivity contribution in [2.75, 3.05) is 6.61 Å². The highest BCUT2D eigenvalue weighted by molar-refractivity contribution is 5.39. The molecule has 2 aromatic rings. The zero-order valence-corrected chi connectivity index (χ0v) is 14.5. The van der Waals surface area contributed by atoms with E-state index in [1.54, 1.807) is 25.1 Å². The number of rotatable bonds is 6. The predicted octanol–water partition coefficient (Wildman–Crippen LogP) is 0.680. The number of nitro groups is 1. The summed E-state index contributed by atoms with van der Waals surface area (Å²) in [5.41, 5.74) is 0.167. The first-order valence-electron chi connectivity index (χ1n) is 8.30. The minimum atomic E-state index is -0.873. The summed E-state index contributed by atoms with van der Waals surface area (Å²) in [6.45, 7) is 1.21. The lowest BCUT2D eigenvalue weighted by atomic mass is 10.2. The van der Waals surface area contributed by atoms with Crippen molar-refractivity contribution in [2.24, 2.45) is 0 Å². The zero-order chi connectivity index (χ0) is 19.6. The first-order chi connectivity index (χ1) is 12.9. The number of aliphatic hydroxyl groups is 2. The summed E-state index contributed by atoms with van der Waals surface area (Å²) in [5, 5.41) is 30.0. The summed E-state index contributed by atoms with van der Waals surface area (Å²) in [6, 6.07) is 6.15. The Balaban J connectivity index is 1.78. The van der Waals surface area contributed by atoms with E-state index in [-0.39, 0.29) is 31.2 Å². The minimum absolute atomic E-state index is 0.0617. The first kappa shape index (κ1) is 19.0. The summed E-state index contributed by atoms with van der Waals surface area (Å²) in [4.78, 5) is 26.7. The maximum Gasteiger partial charge on any atom is 0.352 e. The van der Waals surface area contributed by atoms with Crippen LogP contribution in [-0.2, 0) is 11.3 Å². The molecule has 1 aromatic carbocycles. The van der Waals surface area contributed by atoms with Crippen LogP contribution >= 0.6 is 0 Å². The van der Waals surface area contributed by atoms with Crippen molar-refractivity contribution in [3.63, 3.8) is 0 Å². The molecule has 1 aliphatic rings. The van der Waals surface area contributed by atoms with Crippen molar-refractivity contribution >= 4 is 5.69 Å². The van der Waals surface area contributed by atoms with Gasteiger partial charge in [0, 0.05) is 24.2 Å². The predicted molar refractivity (Wildman–Crippen MR) is 92.3 cm³/mol. The van der Waals surface area contributed by atoms with Crippen LogP contribution in [0.15, 0.2) is 35.3 Å². The minimum Gasteiger partial charge on any atom is -0.472 e. The van der Waals surface area contributed by atoms with Gasteiger partial charge in [0.2, 0.25) is 5.88 Å². The monoisotopic (exact) mass is 377 g/mol. The van der Waals surface area contributed by atoms with E-state index in [1.165, 1.54) is 16.8 Å². The Labute approximate surface area is 153 Å². The number of para-hydroxylation sites is 1. The molecule has 0 amide bonds. The van der Waals surface area contributed by atoms with Crippen LogP contribution < -0.4 is 10.4 Å². The van der Waals surface area contributed by atoms with Gasteiger partial charge in [-0.3, -0.25) is 14.7 Å². The molecule has 10 nitrogen and oxygen atoms in total. The SMILES string of the molecule is Cc1cn([C@H]2C[C@H](O)[C@@H](CO)O2)c(=O)nc1OCc1ccccc1[N+](=O)[O-]. The molecule has 0 unspecified atom stereocenters. The molecule has 3 atom stereocenters. The molecule has 1 aliphatic heterocycles. The third-order valence-electron chi connectivity index (χ3n) is 4.34. The van der Waals surface area contributed by atoms with E-state index in [0.29, 0.717) is 11.1 Å². The molecular formula is C17H19N3O7. The van der Waals surface area contributed by atoms with Crippen LogP contribution in [-0.4, -0.2) is 43.5 Å². The highest BCUT2D eigenvalue weighted by atomic mass is 16.6. The fraction of sp³-hybridized carbons (Fsp3) is 0.412. The van der Waals surface area contributed by atoms with Gasteiger partial charge in [0.25, 0.3) is 5.69 Å². The third kappa shape index (κ3) is 3.97. The van der Waals surface area contributed by atoms with E-state index < -0.39 is 29.0 Å². The van der Waals surface area contributed by atoms with Crippen molar-refractivity contribution in [1.82, 2.24) is 9.55 Å². The van der Waals surface area contributed by atoms with Gasteiger partial charge in [-0.2, -0.15) is 4.98 Å². The lowest BCUT2D eigenvalue weighted by Crippen LogP contribution is -2.28. The standard InChI is InChI=1S/C17H19N3O7/c1-10-7-19(15-6-13(22)14(8-21)27-15)17(23)18-16(10)26-9-11-4-2-3-5-12(11)20(24)25/h2-5,7,13-15,21-22H,6,8-9H2,1H3/t13-,14+,15+/m0/s1. The van der Waals surface area contributed by atoms with Crippen molar-refractivity contribution in [1.29, 1.82) is 0 Å². The number of benzene rings is 1. The number of aryl methyl sites for hydroxylation is 1. The number of nitro benzene ring substituents is 1. The third-order valence-corrected chi connectivity index (χ3v) is 4.34. The molecule has 0 bridgehead atoms. The van der Waals surface area contributed by atoms with Gasteiger partial charge in [0.05, 0.1) is 23.2 Å². The Morgan fingerprint density at radius 2 is 2.19 bits per heavy atom. The molecule has 1 saturated heterocycles. The van der Waals surface area contributed by atoms with E-state index in [9.17, 15) is 20.0 Å². The number of ether oxygens (including phenoxy) is 2. The van der Waals surface area contributed by atoms with Crippen molar-refractivity contribution in [3.05, 3.63) is 62.2 Å². The Morgan fingerprint density at radius 1 is 1.44 bits per heavy atom. The summed E-state index contributed by atoms with van der Waals surface area (Å²) >= 11 is 0. The topological polar surface area (TPSA) is 137 Å². The number of hydrogen-bond acceptors (Lipinski definition) is 8. The summed E-state index contributed by atoms with van der Waals surface area (Å²) in [7, 11) is 0. The molecule has 2 N–H and O–H groups in total. The zero-order valence-electron chi connectivity index (χ0n) is 14.5. The van der Waals surface area contributed by atoms with Gasteiger partial charge >= 0.3 is 5.69 Å². The van der Waals surface area contributed by atoms with Crippen LogP contribution in [0.25, 0.3) is 0 Å². The van der Waals surface area contributed by atoms with Crippen LogP contribution in [0.1, 0.15) is 23.8 Å². The highest BCUT2D eigenvalue weighted by Gasteiger charge is 2.35. The van der Waals surface area contributed by atoms with Gasteiger partial charge in [0.1, 0.15) is 18.9 Å². The van der Waals surface area contributed by atoms with Crippen molar-refractivity contribution < 1.29 is 24.6 Å². The van der Waals surface area contributed by atoms with Crippen molar-refractivity contribution in [3.8, 4) is 5.88 Å². The van der Waals surface area contributed by atoms with E-state index >= 15 is 0 Å². The van der Waals surface area contributed by atoms with E-state index in [1.807, 2.05) is 0 Å². The second-order valence-corrected chi connectivity index (χ2v) is 6.21. The molecule has 10 heteroatoms. The van der Waals surface area contributed by atoms with Crippen LogP contribution in [0, 0.1) is 17.0 Å². The molecule has 144 valence electrons. The van der Waals surface area contributed by atoms with Gasteiger partial charge in [0.15, 0.2) is 0 Å². The second kappa shape index (κ2) is 7.82. The van der Waals surface area contributed by atoms with E-state index in [4.69, 9.17) is 14.6 Å². The highest BCUT2D eigenvalue weighted by Crippen LogP contribution is 2.28. The van der Waals surface area contributed by atoms with E-state index in [0.717, 1.165) is 0 Å². The average Bonchev–Trinajstić information content (AvgIpc) is 3.02. The molecule has 2 heterocycles. The fourth-order valence-electron chi connectivity index (χ4n) is 2.91. The molecule has 27 heavy (non-hydrogen) atoms. The maximum absolute atomic E-state index is 12.3. The first-order valence-corrected chi connectivity index (χ1v) is 8.30. The Morgan fingerprint density at radius 3 is 2.85 bits per heavy atom. The summed E-state index contributed by atoms with van der Waals surface area (Å²) in [5.74, 6) is 0.0617. The summed E-state index contributed by atoms with van der Waals surface area (Å²) < 4.78 is 12.2.